The fourth-order valence-electron chi connectivity index (χ4n) is 3.41. The molecule has 1 aromatic rings. The minimum absolute atomic E-state index is 0.0876. The molecule has 25 heavy (non-hydrogen) atoms. The van der Waals surface area contributed by atoms with Crippen LogP contribution in [-0.4, -0.2) is 72.9 Å². The molecule has 7 heteroatoms. The van der Waals surface area contributed by atoms with Gasteiger partial charge in [0.2, 0.25) is 11.9 Å². The lowest BCUT2D eigenvalue weighted by atomic mass is 9.84. The van der Waals surface area contributed by atoms with Crippen LogP contribution in [0.1, 0.15) is 47.7 Å². The molecule has 3 rings (SSSR count). The summed E-state index contributed by atoms with van der Waals surface area (Å²) in [6, 6.07) is 0. The third kappa shape index (κ3) is 3.45. The van der Waals surface area contributed by atoms with Crippen LogP contribution in [0.25, 0.3) is 0 Å². The Morgan fingerprint density at radius 3 is 2.44 bits per heavy atom. The normalized spacial score (nSPS) is 20.3. The quantitative estimate of drug-likeness (QED) is 0.824. The maximum Gasteiger partial charge on any atom is 0.256 e. The summed E-state index contributed by atoms with van der Waals surface area (Å²) in [5.74, 6) is 1.07. The van der Waals surface area contributed by atoms with Crippen molar-refractivity contribution in [1.29, 1.82) is 0 Å². The van der Waals surface area contributed by atoms with E-state index in [1.165, 1.54) is 0 Å². The van der Waals surface area contributed by atoms with E-state index < -0.39 is 0 Å². The molecule has 1 atom stereocenters. The molecule has 7 nitrogen and oxygen atoms in total. The molecule has 1 aliphatic carbocycles. The van der Waals surface area contributed by atoms with Gasteiger partial charge in [-0.05, 0) is 19.3 Å². The number of amides is 2. The molecule has 2 fully saturated rings. The van der Waals surface area contributed by atoms with E-state index in [9.17, 15) is 9.59 Å². The topological polar surface area (TPSA) is 69.6 Å². The van der Waals surface area contributed by atoms with Gasteiger partial charge in [-0.1, -0.05) is 6.42 Å². The molecule has 136 valence electrons. The minimum Gasteiger partial charge on any atom is -0.347 e. The van der Waals surface area contributed by atoms with E-state index >= 15 is 0 Å². The van der Waals surface area contributed by atoms with Gasteiger partial charge in [-0.15, -0.1) is 0 Å². The molecule has 1 aromatic heterocycles. The van der Waals surface area contributed by atoms with Gasteiger partial charge in [-0.3, -0.25) is 9.59 Å². The number of likely N-dealkylation sites (tertiary alicyclic amines) is 1. The first kappa shape index (κ1) is 17.6. The zero-order valence-electron chi connectivity index (χ0n) is 15.5. The summed E-state index contributed by atoms with van der Waals surface area (Å²) in [4.78, 5) is 39.3. The summed E-state index contributed by atoms with van der Waals surface area (Å²) in [6.07, 6.45) is 5.66. The van der Waals surface area contributed by atoms with E-state index in [1.54, 1.807) is 25.2 Å². The van der Waals surface area contributed by atoms with Crippen molar-refractivity contribution < 1.29 is 9.59 Å². The highest BCUT2D eigenvalue weighted by atomic mass is 16.2. The summed E-state index contributed by atoms with van der Waals surface area (Å²) in [6.45, 7) is 1.39. The number of hydrogen-bond donors (Lipinski definition) is 0. The van der Waals surface area contributed by atoms with Gasteiger partial charge in [-0.25, -0.2) is 9.97 Å². The van der Waals surface area contributed by atoms with Crippen molar-refractivity contribution in [2.45, 2.75) is 31.6 Å². The Labute approximate surface area is 149 Å². The van der Waals surface area contributed by atoms with Crippen molar-refractivity contribution >= 4 is 17.8 Å². The summed E-state index contributed by atoms with van der Waals surface area (Å²) in [5.41, 5.74) is 1.31. The lowest BCUT2D eigenvalue weighted by molar-refractivity contribution is -0.137. The van der Waals surface area contributed by atoms with Crippen molar-refractivity contribution in [3.05, 3.63) is 17.5 Å². The predicted octanol–water partition coefficient (Wildman–Crippen LogP) is 1.36. The molecule has 2 heterocycles. The second-order valence-electron chi connectivity index (χ2n) is 7.46. The van der Waals surface area contributed by atoms with Crippen molar-refractivity contribution in [2.24, 2.45) is 5.92 Å². The molecule has 1 saturated carbocycles. The number of nitrogens with zero attached hydrogens (tertiary/aromatic N) is 5. The highest BCUT2D eigenvalue weighted by Gasteiger charge is 2.36. The molecule has 1 saturated heterocycles. The number of carbonyl (C=O) groups is 2. The maximum absolute atomic E-state index is 12.5. The van der Waals surface area contributed by atoms with Crippen LogP contribution in [0.3, 0.4) is 0 Å². The van der Waals surface area contributed by atoms with Gasteiger partial charge in [0.15, 0.2) is 0 Å². The molecule has 1 aliphatic heterocycles. The Balaban J connectivity index is 1.85. The summed E-state index contributed by atoms with van der Waals surface area (Å²) in [5, 5.41) is 0. The SMILES string of the molecule is CN(C)C(=O)c1cnc(N(C)C)nc1C1CCN(C(=O)C2CCC2)C1. The van der Waals surface area contributed by atoms with Crippen molar-refractivity contribution in [1.82, 2.24) is 19.8 Å². The summed E-state index contributed by atoms with van der Waals surface area (Å²) < 4.78 is 0. The fourth-order valence-corrected chi connectivity index (χ4v) is 3.41. The van der Waals surface area contributed by atoms with Crippen LogP contribution < -0.4 is 4.90 Å². The number of carbonyl (C=O) groups excluding carboxylic acids is 2. The largest absolute Gasteiger partial charge is 0.347 e. The third-order valence-electron chi connectivity index (χ3n) is 5.18. The average molecular weight is 345 g/mol. The molecular weight excluding hydrogens is 318 g/mol. The molecule has 2 amide bonds. The summed E-state index contributed by atoms with van der Waals surface area (Å²) in [7, 11) is 7.22. The summed E-state index contributed by atoms with van der Waals surface area (Å²) >= 11 is 0. The zero-order chi connectivity index (χ0) is 18.1. The molecule has 0 N–H and O–H groups in total. The lowest BCUT2D eigenvalue weighted by Crippen LogP contribution is -2.37. The molecule has 0 radical (unpaired) electrons. The lowest BCUT2D eigenvalue weighted by Gasteiger charge is -2.29. The first-order valence-electron chi connectivity index (χ1n) is 8.93. The molecule has 1 unspecified atom stereocenters. The van der Waals surface area contributed by atoms with Crippen LogP contribution in [-0.2, 0) is 4.79 Å². The Morgan fingerprint density at radius 2 is 1.88 bits per heavy atom. The number of hydrogen-bond acceptors (Lipinski definition) is 5. The fraction of sp³-hybridized carbons (Fsp3) is 0.667. The van der Waals surface area contributed by atoms with Crippen LogP contribution in [0.2, 0.25) is 0 Å². The van der Waals surface area contributed by atoms with Crippen molar-refractivity contribution in [2.75, 3.05) is 46.2 Å². The van der Waals surface area contributed by atoms with Crippen molar-refractivity contribution in [3.63, 3.8) is 0 Å². The third-order valence-corrected chi connectivity index (χ3v) is 5.18. The van der Waals surface area contributed by atoms with Gasteiger partial charge < -0.3 is 14.7 Å². The van der Waals surface area contributed by atoms with Crippen LogP contribution in [0, 0.1) is 5.92 Å². The Morgan fingerprint density at radius 1 is 1.16 bits per heavy atom. The smallest absolute Gasteiger partial charge is 0.256 e. The predicted molar refractivity (Wildman–Crippen MR) is 95.7 cm³/mol. The molecule has 0 bridgehead atoms. The molecule has 0 aromatic carbocycles. The average Bonchev–Trinajstić information content (AvgIpc) is 3.01. The van der Waals surface area contributed by atoms with Gasteiger partial charge in [0.05, 0.1) is 11.3 Å². The van der Waals surface area contributed by atoms with E-state index in [2.05, 4.69) is 9.97 Å². The Bertz CT molecular complexity index is 669. The van der Waals surface area contributed by atoms with Crippen molar-refractivity contribution in [3.8, 4) is 0 Å². The Kier molecular flexibility index (Phi) is 4.92. The van der Waals surface area contributed by atoms with Crippen LogP contribution in [0.4, 0.5) is 5.95 Å². The molecular formula is C18H27N5O2. The van der Waals surface area contributed by atoms with Crippen LogP contribution >= 0.6 is 0 Å². The van der Waals surface area contributed by atoms with E-state index in [0.717, 1.165) is 37.9 Å². The van der Waals surface area contributed by atoms with E-state index in [4.69, 9.17) is 0 Å². The first-order chi connectivity index (χ1) is 11.9. The maximum atomic E-state index is 12.5. The van der Waals surface area contributed by atoms with Crippen LogP contribution in [0.5, 0.6) is 0 Å². The van der Waals surface area contributed by atoms with Gasteiger partial charge in [0.25, 0.3) is 5.91 Å². The van der Waals surface area contributed by atoms with Gasteiger partial charge in [0, 0.05) is 59.3 Å². The van der Waals surface area contributed by atoms with E-state index in [1.807, 2.05) is 23.9 Å². The van der Waals surface area contributed by atoms with E-state index in [0.29, 0.717) is 18.1 Å². The number of aromatic nitrogens is 2. The Hall–Kier alpha value is -2.18. The van der Waals surface area contributed by atoms with Gasteiger partial charge in [0.1, 0.15) is 0 Å². The van der Waals surface area contributed by atoms with Gasteiger partial charge in [-0.2, -0.15) is 0 Å². The number of anilines is 1. The monoisotopic (exact) mass is 345 g/mol. The van der Waals surface area contributed by atoms with E-state index in [-0.39, 0.29) is 23.7 Å². The molecule has 2 aliphatic rings. The van der Waals surface area contributed by atoms with Gasteiger partial charge >= 0.3 is 0 Å². The zero-order valence-corrected chi connectivity index (χ0v) is 15.5. The minimum atomic E-state index is -0.0934. The van der Waals surface area contributed by atoms with Crippen LogP contribution in [0.15, 0.2) is 6.20 Å². The second-order valence-corrected chi connectivity index (χ2v) is 7.46. The first-order valence-corrected chi connectivity index (χ1v) is 8.93. The highest BCUT2D eigenvalue weighted by Crippen LogP contribution is 2.34. The standard InChI is InChI=1S/C18H27N5O2/c1-21(2)17(25)14-10-19-18(22(3)4)20-15(14)13-8-9-23(11-13)16(24)12-6-5-7-12/h10,12-13H,5-9,11H2,1-4H3. The number of rotatable bonds is 4. The second kappa shape index (κ2) is 6.98. The highest BCUT2D eigenvalue weighted by molar-refractivity contribution is 5.95. The molecule has 0 spiro atoms.